The fraction of sp³-hybridized carbons (Fsp3) is 0.296. The summed E-state index contributed by atoms with van der Waals surface area (Å²) >= 11 is 0. The molecule has 0 atom stereocenters. The third-order valence-corrected chi connectivity index (χ3v) is 5.70. The number of anilines is 1. The minimum absolute atomic E-state index is 0.0743. The fourth-order valence-electron chi connectivity index (χ4n) is 3.86. The van der Waals surface area contributed by atoms with E-state index in [1.165, 1.54) is 5.56 Å². The third-order valence-electron chi connectivity index (χ3n) is 5.70. The van der Waals surface area contributed by atoms with E-state index in [0.717, 1.165) is 39.9 Å². The van der Waals surface area contributed by atoms with Gasteiger partial charge in [0.2, 0.25) is 5.91 Å². The lowest BCUT2D eigenvalue weighted by atomic mass is 10.1. The number of aromatic nitrogens is 3. The SMILES string of the molecule is CCc1ccc(OCCCC(=O)Nc2cc(C)nn2-c2cc(C)c3cccc(C)c3n2)cc1. The van der Waals surface area contributed by atoms with Crippen LogP contribution in [0.15, 0.2) is 54.6 Å². The molecule has 0 aliphatic rings. The predicted molar refractivity (Wildman–Crippen MR) is 132 cm³/mol. The molecular weight excluding hydrogens is 412 g/mol. The van der Waals surface area contributed by atoms with E-state index in [1.54, 1.807) is 4.68 Å². The summed E-state index contributed by atoms with van der Waals surface area (Å²) in [6.07, 6.45) is 1.99. The monoisotopic (exact) mass is 442 g/mol. The number of benzene rings is 2. The molecule has 0 radical (unpaired) electrons. The van der Waals surface area contributed by atoms with Gasteiger partial charge < -0.3 is 10.1 Å². The summed E-state index contributed by atoms with van der Waals surface area (Å²) in [5, 5.41) is 8.69. The van der Waals surface area contributed by atoms with Gasteiger partial charge in [-0.3, -0.25) is 4.79 Å². The molecule has 2 heterocycles. The summed E-state index contributed by atoms with van der Waals surface area (Å²) in [6, 6.07) is 18.1. The standard InChI is InChI=1S/C27H30N4O2/c1-5-21-11-13-22(14-12-21)33-15-7-10-26(32)28-25-17-20(4)30-31(25)24-16-19(3)23-9-6-8-18(2)27(23)29-24/h6,8-9,11-14,16-17H,5,7,10,15H2,1-4H3,(H,28,32). The van der Waals surface area contributed by atoms with E-state index < -0.39 is 0 Å². The maximum Gasteiger partial charge on any atom is 0.225 e. The molecule has 6 heteroatoms. The number of hydrogen-bond donors (Lipinski definition) is 1. The molecule has 0 spiro atoms. The molecular formula is C27H30N4O2. The minimum atomic E-state index is -0.0743. The highest BCUT2D eigenvalue weighted by Crippen LogP contribution is 2.24. The number of pyridine rings is 1. The molecule has 0 aliphatic heterocycles. The van der Waals surface area contributed by atoms with Gasteiger partial charge in [0, 0.05) is 17.9 Å². The van der Waals surface area contributed by atoms with Crippen LogP contribution in [0.1, 0.15) is 42.1 Å². The molecule has 4 rings (SSSR count). The number of rotatable bonds is 8. The second kappa shape index (κ2) is 9.86. The lowest BCUT2D eigenvalue weighted by Gasteiger charge is -2.12. The first kappa shape index (κ1) is 22.5. The number of aryl methyl sites for hydroxylation is 4. The Morgan fingerprint density at radius 2 is 1.82 bits per heavy atom. The van der Waals surface area contributed by atoms with Crippen molar-refractivity contribution in [3.8, 4) is 11.6 Å². The number of nitrogens with zero attached hydrogens (tertiary/aromatic N) is 3. The second-order valence-corrected chi connectivity index (χ2v) is 8.35. The molecule has 33 heavy (non-hydrogen) atoms. The van der Waals surface area contributed by atoms with E-state index in [9.17, 15) is 4.79 Å². The molecule has 170 valence electrons. The molecule has 6 nitrogen and oxygen atoms in total. The molecule has 2 aromatic carbocycles. The van der Waals surface area contributed by atoms with E-state index >= 15 is 0 Å². The van der Waals surface area contributed by atoms with Crippen molar-refractivity contribution in [2.45, 2.75) is 47.0 Å². The van der Waals surface area contributed by atoms with Gasteiger partial charge in [0.25, 0.3) is 0 Å². The summed E-state index contributed by atoms with van der Waals surface area (Å²) in [5.41, 5.74) is 5.26. The highest BCUT2D eigenvalue weighted by atomic mass is 16.5. The molecule has 0 aliphatic carbocycles. The Balaban J connectivity index is 1.42. The van der Waals surface area contributed by atoms with Crippen LogP contribution in [0.25, 0.3) is 16.7 Å². The van der Waals surface area contributed by atoms with Gasteiger partial charge in [-0.1, -0.05) is 37.3 Å². The van der Waals surface area contributed by atoms with Gasteiger partial charge in [-0.05, 0) is 68.5 Å². The van der Waals surface area contributed by atoms with Crippen LogP contribution in [0.3, 0.4) is 0 Å². The average molecular weight is 443 g/mol. The Hall–Kier alpha value is -3.67. The first-order valence-electron chi connectivity index (χ1n) is 11.4. The Labute approximate surface area is 194 Å². The second-order valence-electron chi connectivity index (χ2n) is 8.35. The number of para-hydroxylation sites is 1. The van der Waals surface area contributed by atoms with E-state index in [0.29, 0.717) is 31.1 Å². The molecule has 0 bridgehead atoms. The minimum Gasteiger partial charge on any atom is -0.494 e. The van der Waals surface area contributed by atoms with Gasteiger partial charge >= 0.3 is 0 Å². The number of carbonyl (C=O) groups excluding carboxylic acids is 1. The first-order chi connectivity index (χ1) is 15.9. The lowest BCUT2D eigenvalue weighted by molar-refractivity contribution is -0.116. The van der Waals surface area contributed by atoms with E-state index in [-0.39, 0.29) is 5.91 Å². The van der Waals surface area contributed by atoms with Crippen molar-refractivity contribution in [3.05, 3.63) is 77.0 Å². The zero-order chi connectivity index (χ0) is 23.4. The van der Waals surface area contributed by atoms with Crippen LogP contribution in [0.4, 0.5) is 5.82 Å². The molecule has 0 unspecified atom stereocenters. The van der Waals surface area contributed by atoms with Crippen LogP contribution >= 0.6 is 0 Å². The highest BCUT2D eigenvalue weighted by molar-refractivity contribution is 5.90. The van der Waals surface area contributed by atoms with Crippen LogP contribution in [0, 0.1) is 20.8 Å². The first-order valence-corrected chi connectivity index (χ1v) is 11.4. The van der Waals surface area contributed by atoms with Gasteiger partial charge in [-0.2, -0.15) is 9.78 Å². The van der Waals surface area contributed by atoms with Crippen molar-refractivity contribution in [2.75, 3.05) is 11.9 Å². The summed E-state index contributed by atoms with van der Waals surface area (Å²) in [4.78, 5) is 17.4. The maximum absolute atomic E-state index is 12.6. The van der Waals surface area contributed by atoms with Crippen molar-refractivity contribution in [1.29, 1.82) is 0 Å². The van der Waals surface area contributed by atoms with Crippen LogP contribution in [0.2, 0.25) is 0 Å². The number of fused-ring (bicyclic) bond motifs is 1. The van der Waals surface area contributed by atoms with Crippen LogP contribution in [0.5, 0.6) is 5.75 Å². The number of hydrogen-bond acceptors (Lipinski definition) is 4. The number of nitrogens with one attached hydrogen (secondary N) is 1. The largest absolute Gasteiger partial charge is 0.494 e. The van der Waals surface area contributed by atoms with Gasteiger partial charge in [0.15, 0.2) is 5.82 Å². The van der Waals surface area contributed by atoms with Gasteiger partial charge in [-0.25, -0.2) is 4.98 Å². The Bertz CT molecular complexity index is 1280. The molecule has 0 fully saturated rings. The summed E-state index contributed by atoms with van der Waals surface area (Å²) in [6.45, 7) is 8.64. The Kier molecular flexibility index (Phi) is 6.73. The number of amides is 1. The Morgan fingerprint density at radius 3 is 2.58 bits per heavy atom. The van der Waals surface area contributed by atoms with Gasteiger partial charge in [-0.15, -0.1) is 0 Å². The average Bonchev–Trinajstić information content (AvgIpc) is 3.17. The lowest BCUT2D eigenvalue weighted by Crippen LogP contribution is -2.16. The molecule has 2 aromatic heterocycles. The fourth-order valence-corrected chi connectivity index (χ4v) is 3.86. The maximum atomic E-state index is 12.6. The van der Waals surface area contributed by atoms with Crippen molar-refractivity contribution in [3.63, 3.8) is 0 Å². The molecule has 0 saturated heterocycles. The summed E-state index contributed by atoms with van der Waals surface area (Å²) < 4.78 is 7.47. The predicted octanol–water partition coefficient (Wildman–Crippen LogP) is 5.71. The van der Waals surface area contributed by atoms with Crippen molar-refractivity contribution in [2.24, 2.45) is 0 Å². The third kappa shape index (κ3) is 5.22. The normalized spacial score (nSPS) is 11.0. The van der Waals surface area contributed by atoms with Crippen LogP contribution < -0.4 is 10.1 Å². The zero-order valence-electron chi connectivity index (χ0n) is 19.7. The van der Waals surface area contributed by atoms with E-state index in [4.69, 9.17) is 9.72 Å². The molecule has 1 N–H and O–H groups in total. The summed E-state index contributed by atoms with van der Waals surface area (Å²) in [5.74, 6) is 2.06. The highest BCUT2D eigenvalue weighted by Gasteiger charge is 2.14. The van der Waals surface area contributed by atoms with Crippen molar-refractivity contribution >= 4 is 22.6 Å². The summed E-state index contributed by atoms with van der Waals surface area (Å²) in [7, 11) is 0. The molecule has 1 amide bonds. The molecule has 0 saturated carbocycles. The quantitative estimate of drug-likeness (QED) is 0.355. The number of ether oxygens (including phenoxy) is 1. The van der Waals surface area contributed by atoms with E-state index in [1.807, 2.05) is 37.3 Å². The van der Waals surface area contributed by atoms with E-state index in [2.05, 4.69) is 55.5 Å². The van der Waals surface area contributed by atoms with Crippen LogP contribution in [-0.2, 0) is 11.2 Å². The van der Waals surface area contributed by atoms with Gasteiger partial charge in [0.1, 0.15) is 11.6 Å². The smallest absolute Gasteiger partial charge is 0.225 e. The topological polar surface area (TPSA) is 69.0 Å². The molecule has 4 aromatic rings. The van der Waals surface area contributed by atoms with Crippen molar-refractivity contribution in [1.82, 2.24) is 14.8 Å². The number of carbonyl (C=O) groups is 1. The zero-order valence-corrected chi connectivity index (χ0v) is 19.7. The Morgan fingerprint density at radius 1 is 1.03 bits per heavy atom. The van der Waals surface area contributed by atoms with Gasteiger partial charge in [0.05, 0.1) is 17.8 Å². The van der Waals surface area contributed by atoms with Crippen molar-refractivity contribution < 1.29 is 9.53 Å². The van der Waals surface area contributed by atoms with Crippen LogP contribution in [-0.4, -0.2) is 27.3 Å².